The number of carbonyl (C=O) groups excluding carboxylic acids is 2. The van der Waals surface area contributed by atoms with Crippen molar-refractivity contribution in [3.8, 4) is 5.75 Å². The number of ether oxygens (including phenoxy) is 1. The van der Waals surface area contributed by atoms with Crippen LogP contribution in [0.5, 0.6) is 5.75 Å². The second-order valence-electron chi connectivity index (χ2n) is 11.5. The summed E-state index contributed by atoms with van der Waals surface area (Å²) in [5, 5.41) is 0. The number of carbonyl (C=O) groups is 2. The van der Waals surface area contributed by atoms with E-state index in [9.17, 15) is 9.59 Å². The molecule has 0 radical (unpaired) electrons. The lowest BCUT2D eigenvalue weighted by molar-refractivity contribution is -0.119. The minimum atomic E-state index is -0.195. The Balaban J connectivity index is 1.32. The molecule has 1 spiro atoms. The molecular weight excluding hydrogens is 464 g/mol. The van der Waals surface area contributed by atoms with Crippen LogP contribution in [-0.2, 0) is 16.8 Å². The largest absolute Gasteiger partial charge is 0.495 e. The number of benzene rings is 1. The van der Waals surface area contributed by atoms with Gasteiger partial charge in [0.2, 0.25) is 0 Å². The van der Waals surface area contributed by atoms with Crippen LogP contribution in [0.15, 0.2) is 48.7 Å². The predicted octanol–water partition coefficient (Wildman–Crippen LogP) is 4.51. The molecule has 2 aromatic rings. The lowest BCUT2D eigenvalue weighted by Crippen LogP contribution is -2.56. The molecule has 0 bridgehead atoms. The average Bonchev–Trinajstić information content (AvgIpc) is 3.12. The second kappa shape index (κ2) is 10.4. The maximum Gasteiger partial charge on any atom is 0.321 e. The molecule has 3 aliphatic rings. The summed E-state index contributed by atoms with van der Waals surface area (Å²) < 4.78 is 5.17. The van der Waals surface area contributed by atoms with Gasteiger partial charge in [-0.3, -0.25) is 14.7 Å². The molecule has 3 fully saturated rings. The summed E-state index contributed by atoms with van der Waals surface area (Å²) >= 11 is 0. The molecule has 2 saturated carbocycles. The molecule has 37 heavy (non-hydrogen) atoms. The highest BCUT2D eigenvalue weighted by molar-refractivity contribution is 5.88. The molecule has 7 heteroatoms. The molecule has 2 aliphatic carbocycles. The van der Waals surface area contributed by atoms with Gasteiger partial charge in [0.15, 0.2) is 5.78 Å². The Hall–Kier alpha value is -2.93. The highest BCUT2D eigenvalue weighted by Crippen LogP contribution is 2.49. The minimum Gasteiger partial charge on any atom is -0.495 e. The fourth-order valence-corrected chi connectivity index (χ4v) is 6.62. The Bertz CT molecular complexity index is 1090. The zero-order chi connectivity index (χ0) is 26.0. The van der Waals surface area contributed by atoms with E-state index in [1.807, 2.05) is 17.0 Å². The molecule has 0 unspecified atom stereocenters. The normalized spacial score (nSPS) is 26.1. The fourth-order valence-electron chi connectivity index (χ4n) is 6.62. The standard InChI is InChI=1S/C30H40N4O3/c1-32(2)30(24-10-5-4-6-11-24)16-14-29(15-17-30)22-33(28(36)34(29)20-23-8-7-9-23)21-26(35)18-25-12-13-27(37-3)19-31-25/h4-6,10-13,19,23H,7-9,14-18,20-22H2,1-3H3. The molecule has 7 nitrogen and oxygen atoms in total. The molecule has 1 saturated heterocycles. The summed E-state index contributed by atoms with van der Waals surface area (Å²) in [4.78, 5) is 37.5. The van der Waals surface area contributed by atoms with Gasteiger partial charge in [0.25, 0.3) is 0 Å². The zero-order valence-corrected chi connectivity index (χ0v) is 22.5. The number of hydrogen-bond acceptors (Lipinski definition) is 5. The number of ketones is 1. The maximum absolute atomic E-state index is 13.7. The summed E-state index contributed by atoms with van der Waals surface area (Å²) in [7, 11) is 5.95. The molecule has 0 N–H and O–H groups in total. The summed E-state index contributed by atoms with van der Waals surface area (Å²) in [5.41, 5.74) is 1.83. The lowest BCUT2D eigenvalue weighted by atomic mass is 9.68. The van der Waals surface area contributed by atoms with Gasteiger partial charge in [0.1, 0.15) is 5.75 Å². The predicted molar refractivity (Wildman–Crippen MR) is 144 cm³/mol. The second-order valence-corrected chi connectivity index (χ2v) is 11.5. The van der Waals surface area contributed by atoms with E-state index in [-0.39, 0.29) is 35.9 Å². The number of rotatable bonds is 9. The first-order chi connectivity index (χ1) is 17.8. The van der Waals surface area contributed by atoms with Crippen molar-refractivity contribution in [2.24, 2.45) is 5.92 Å². The molecule has 1 aliphatic heterocycles. The number of amides is 2. The van der Waals surface area contributed by atoms with Gasteiger partial charge in [0.05, 0.1) is 31.8 Å². The molecule has 5 rings (SSSR count). The van der Waals surface area contributed by atoms with Crippen molar-refractivity contribution < 1.29 is 14.3 Å². The first-order valence-corrected chi connectivity index (χ1v) is 13.7. The van der Waals surface area contributed by atoms with Gasteiger partial charge >= 0.3 is 6.03 Å². The van der Waals surface area contributed by atoms with Crippen LogP contribution < -0.4 is 4.74 Å². The summed E-state index contributed by atoms with van der Waals surface area (Å²) in [5.74, 6) is 1.28. The third-order valence-electron chi connectivity index (χ3n) is 9.18. The number of Topliss-reactive ketones (excluding diaryl/α,β-unsaturated/α-hetero) is 1. The maximum atomic E-state index is 13.7. The van der Waals surface area contributed by atoms with Crippen LogP contribution in [0.3, 0.4) is 0 Å². The van der Waals surface area contributed by atoms with Crippen molar-refractivity contribution in [2.45, 2.75) is 62.4 Å². The van der Waals surface area contributed by atoms with Crippen LogP contribution in [-0.4, -0.2) is 77.9 Å². The van der Waals surface area contributed by atoms with Crippen molar-refractivity contribution in [2.75, 3.05) is 40.8 Å². The van der Waals surface area contributed by atoms with E-state index in [0.717, 1.165) is 32.2 Å². The number of nitrogens with zero attached hydrogens (tertiary/aromatic N) is 4. The van der Waals surface area contributed by atoms with Crippen LogP contribution in [0.4, 0.5) is 4.79 Å². The Morgan fingerprint density at radius 3 is 2.38 bits per heavy atom. The van der Waals surface area contributed by atoms with E-state index >= 15 is 0 Å². The summed E-state index contributed by atoms with van der Waals surface area (Å²) in [6.45, 7) is 1.61. The Labute approximate surface area is 220 Å². The molecule has 0 atom stereocenters. The highest BCUT2D eigenvalue weighted by Gasteiger charge is 2.55. The third-order valence-corrected chi connectivity index (χ3v) is 9.18. The first-order valence-electron chi connectivity index (χ1n) is 13.7. The van der Waals surface area contributed by atoms with Crippen molar-refractivity contribution >= 4 is 11.8 Å². The Morgan fingerprint density at radius 1 is 1.08 bits per heavy atom. The van der Waals surface area contributed by atoms with Gasteiger partial charge in [-0.05, 0) is 76.2 Å². The SMILES string of the molecule is COc1ccc(CC(=O)CN2CC3(CCC(c4ccccc4)(N(C)C)CC3)N(CC3CCC3)C2=O)nc1. The molecule has 1 aromatic carbocycles. The van der Waals surface area contributed by atoms with E-state index in [0.29, 0.717) is 23.9 Å². The fraction of sp³-hybridized carbons (Fsp3) is 0.567. The highest BCUT2D eigenvalue weighted by atomic mass is 16.5. The molecule has 198 valence electrons. The van der Waals surface area contributed by atoms with Crippen LogP contribution >= 0.6 is 0 Å². The molecular formula is C30H40N4O3. The van der Waals surface area contributed by atoms with Gasteiger partial charge in [-0.15, -0.1) is 0 Å². The average molecular weight is 505 g/mol. The molecule has 2 amide bonds. The summed E-state index contributed by atoms with van der Waals surface area (Å²) in [6.07, 6.45) is 9.40. The number of pyridine rings is 1. The van der Waals surface area contributed by atoms with Crippen LogP contribution in [0.1, 0.15) is 56.2 Å². The van der Waals surface area contributed by atoms with Gasteiger partial charge in [0, 0.05) is 24.3 Å². The van der Waals surface area contributed by atoms with E-state index in [4.69, 9.17) is 4.74 Å². The van der Waals surface area contributed by atoms with Gasteiger partial charge < -0.3 is 14.5 Å². The van der Waals surface area contributed by atoms with Crippen molar-refractivity contribution in [1.82, 2.24) is 19.7 Å². The van der Waals surface area contributed by atoms with Crippen LogP contribution in [0.2, 0.25) is 0 Å². The van der Waals surface area contributed by atoms with Crippen molar-refractivity contribution in [1.29, 1.82) is 0 Å². The van der Waals surface area contributed by atoms with Gasteiger partial charge in [-0.2, -0.15) is 0 Å². The molecule has 2 heterocycles. The van der Waals surface area contributed by atoms with E-state index in [1.54, 1.807) is 13.3 Å². The van der Waals surface area contributed by atoms with E-state index in [2.05, 4.69) is 59.2 Å². The van der Waals surface area contributed by atoms with Crippen molar-refractivity contribution in [3.63, 3.8) is 0 Å². The van der Waals surface area contributed by atoms with Crippen LogP contribution in [0, 0.1) is 5.92 Å². The third kappa shape index (κ3) is 4.98. The monoisotopic (exact) mass is 504 g/mol. The minimum absolute atomic E-state index is 0.0226. The number of urea groups is 1. The van der Waals surface area contributed by atoms with Crippen LogP contribution in [0.25, 0.3) is 0 Å². The van der Waals surface area contributed by atoms with Crippen molar-refractivity contribution in [3.05, 3.63) is 59.9 Å². The first kappa shape index (κ1) is 25.7. The smallest absolute Gasteiger partial charge is 0.321 e. The Morgan fingerprint density at radius 2 is 1.81 bits per heavy atom. The van der Waals surface area contributed by atoms with Gasteiger partial charge in [-0.1, -0.05) is 36.8 Å². The summed E-state index contributed by atoms with van der Waals surface area (Å²) in [6, 6.07) is 14.5. The quantitative estimate of drug-likeness (QED) is 0.503. The number of aromatic nitrogens is 1. The molecule has 1 aromatic heterocycles. The number of hydrogen-bond donors (Lipinski definition) is 0. The van der Waals surface area contributed by atoms with E-state index in [1.165, 1.54) is 24.8 Å². The zero-order valence-electron chi connectivity index (χ0n) is 22.5. The number of methoxy groups -OCH3 is 1. The lowest BCUT2D eigenvalue weighted by Gasteiger charge is -2.51. The van der Waals surface area contributed by atoms with E-state index < -0.39 is 0 Å². The Kier molecular flexibility index (Phi) is 7.26. The topological polar surface area (TPSA) is 66.0 Å². The van der Waals surface area contributed by atoms with Gasteiger partial charge in [-0.25, -0.2) is 4.79 Å².